The molecule has 2 bridgehead atoms. The Morgan fingerprint density at radius 3 is 2.90 bits per heavy atom. The van der Waals surface area contributed by atoms with Crippen molar-refractivity contribution >= 4 is 0 Å². The molecule has 1 nitrogen and oxygen atoms in total. The number of hydrogen-bond donors (Lipinski definition) is 0. The van der Waals surface area contributed by atoms with E-state index in [4.69, 9.17) is 0 Å². The summed E-state index contributed by atoms with van der Waals surface area (Å²) in [5.74, 6) is 0. The molecule has 2 heteroatoms. The van der Waals surface area contributed by atoms with Gasteiger partial charge in [0.25, 0.3) is 0 Å². The molecule has 0 aromatic heterocycles. The molecular weight excluding hydrogens is 201 g/mol. The van der Waals surface area contributed by atoms with Gasteiger partial charge in [0, 0.05) is 0 Å². The van der Waals surface area contributed by atoms with Crippen molar-refractivity contribution in [2.45, 2.75) is 12.5 Å². The summed E-state index contributed by atoms with van der Waals surface area (Å²) in [7, 11) is 2.14. The van der Waals surface area contributed by atoms with E-state index in [1.165, 1.54) is 12.5 Å². The number of fused-ring (bicyclic) bond motifs is 2. The molecule has 50 valence electrons. The minimum Gasteiger partial charge on any atom is -0.335 e. The third-order valence-electron chi connectivity index (χ3n) is 2.06. The van der Waals surface area contributed by atoms with Crippen molar-refractivity contribution in [2.24, 2.45) is 0 Å². The van der Waals surface area contributed by atoms with Crippen molar-refractivity contribution in [3.05, 3.63) is 30.3 Å². The Kier molecular flexibility index (Phi) is 2.54. The third kappa shape index (κ3) is 1.15. The quantitative estimate of drug-likeness (QED) is 0.547. The summed E-state index contributed by atoms with van der Waals surface area (Å²) >= 11 is 0. The first-order valence-corrected chi connectivity index (χ1v) is 3.32. The maximum atomic E-state index is 2.31. The average Bonchev–Trinajstić information content (AvgIpc) is 2.19. The molecule has 2 aliphatic rings. The number of hydrogen-bond acceptors (Lipinski definition) is 1. The molecule has 2 heterocycles. The van der Waals surface area contributed by atoms with Gasteiger partial charge in [0.2, 0.25) is 0 Å². The van der Waals surface area contributed by atoms with Crippen molar-refractivity contribution in [1.82, 2.24) is 4.90 Å². The van der Waals surface area contributed by atoms with Crippen molar-refractivity contribution in [3.8, 4) is 0 Å². The molecule has 0 fully saturated rings. The smallest absolute Gasteiger partial charge is 0.335 e. The first kappa shape index (κ1) is 8.29. The molecule has 1 atom stereocenters. The molecule has 0 aliphatic carbocycles. The van der Waals surface area contributed by atoms with Gasteiger partial charge in [-0.1, -0.05) is 12.5 Å². The van der Waals surface area contributed by atoms with Crippen molar-refractivity contribution in [2.75, 3.05) is 7.05 Å². The van der Waals surface area contributed by atoms with Gasteiger partial charge in [-0.3, -0.25) is 0 Å². The molecule has 0 N–H and O–H groups in total. The van der Waals surface area contributed by atoms with Crippen LogP contribution in [0.15, 0.2) is 24.3 Å². The summed E-state index contributed by atoms with van der Waals surface area (Å²) < 4.78 is 0. The van der Waals surface area contributed by atoms with Gasteiger partial charge >= 0.3 is 26.2 Å². The topological polar surface area (TPSA) is 3.24 Å². The van der Waals surface area contributed by atoms with Crippen LogP contribution in [0.4, 0.5) is 0 Å². The SMILES string of the molecule is CN1[C-]2C=CCC1C=C2.[Zr+2]. The van der Waals surface area contributed by atoms with Crippen LogP contribution in [0.1, 0.15) is 6.42 Å². The predicted molar refractivity (Wildman–Crippen MR) is 37.7 cm³/mol. The zero-order chi connectivity index (χ0) is 6.27. The zero-order valence-corrected chi connectivity index (χ0v) is 8.50. The maximum Gasteiger partial charge on any atom is 2.00 e. The van der Waals surface area contributed by atoms with Crippen LogP contribution < -0.4 is 0 Å². The fourth-order valence-corrected chi connectivity index (χ4v) is 1.39. The molecule has 0 aromatic rings. The Balaban J connectivity index is 0.000000500. The van der Waals surface area contributed by atoms with Gasteiger partial charge in [-0.25, -0.2) is 0 Å². The van der Waals surface area contributed by atoms with Gasteiger partial charge in [0.15, 0.2) is 0 Å². The Morgan fingerprint density at radius 2 is 2.30 bits per heavy atom. The van der Waals surface area contributed by atoms with Crippen LogP contribution in [-0.2, 0) is 26.2 Å². The van der Waals surface area contributed by atoms with E-state index < -0.39 is 0 Å². The molecule has 0 saturated heterocycles. The van der Waals surface area contributed by atoms with Crippen LogP contribution >= 0.6 is 0 Å². The van der Waals surface area contributed by atoms with E-state index in [-0.39, 0.29) is 26.2 Å². The molecule has 0 radical (unpaired) electrons. The second-order valence-corrected chi connectivity index (χ2v) is 2.60. The summed E-state index contributed by atoms with van der Waals surface area (Å²) in [5.41, 5.74) is 0. The van der Waals surface area contributed by atoms with E-state index in [0.29, 0.717) is 6.04 Å². The van der Waals surface area contributed by atoms with Crippen LogP contribution in [-0.4, -0.2) is 18.0 Å². The number of likely N-dealkylation sites (N-methyl/N-ethyl adjacent to an activating group) is 1. The molecule has 0 spiro atoms. The van der Waals surface area contributed by atoms with Crippen LogP contribution in [0, 0.1) is 6.04 Å². The first-order valence-electron chi connectivity index (χ1n) is 3.32. The fraction of sp³-hybridized carbons (Fsp3) is 0.375. The van der Waals surface area contributed by atoms with E-state index in [1.807, 2.05) is 0 Å². The van der Waals surface area contributed by atoms with Crippen LogP contribution in [0.5, 0.6) is 0 Å². The van der Waals surface area contributed by atoms with Gasteiger partial charge in [0.05, 0.1) is 0 Å². The Hall–Kier alpha value is 0.193. The predicted octanol–water partition coefficient (Wildman–Crippen LogP) is 1.35. The van der Waals surface area contributed by atoms with Gasteiger partial charge < -0.3 is 4.90 Å². The van der Waals surface area contributed by atoms with Crippen molar-refractivity contribution in [3.63, 3.8) is 0 Å². The van der Waals surface area contributed by atoms with E-state index in [9.17, 15) is 0 Å². The molecule has 0 saturated carbocycles. The van der Waals surface area contributed by atoms with E-state index in [1.54, 1.807) is 0 Å². The number of nitrogens with zero attached hydrogens (tertiary/aromatic N) is 1. The van der Waals surface area contributed by atoms with Gasteiger partial charge in [-0.05, 0) is 13.1 Å². The van der Waals surface area contributed by atoms with Gasteiger partial charge in [-0.2, -0.15) is 24.3 Å². The molecule has 1 unspecified atom stereocenters. The zero-order valence-electron chi connectivity index (χ0n) is 6.04. The Labute approximate surface area is 80.9 Å². The standard InChI is InChI=1S/C8H10N.Zr/c1-9-7-3-2-4-8(9)6-5-7;/h2-3,5-6,8H,4H2,1H3;/q-1;+2. The van der Waals surface area contributed by atoms with E-state index >= 15 is 0 Å². The number of rotatable bonds is 0. The average molecular weight is 211 g/mol. The molecule has 10 heavy (non-hydrogen) atoms. The monoisotopic (exact) mass is 210 g/mol. The summed E-state index contributed by atoms with van der Waals surface area (Å²) in [5, 5.41) is 0. The Bertz CT molecular complexity index is 172. The summed E-state index contributed by atoms with van der Waals surface area (Å²) in [6.45, 7) is 0. The Morgan fingerprint density at radius 1 is 1.50 bits per heavy atom. The first-order chi connectivity index (χ1) is 4.38. The van der Waals surface area contributed by atoms with E-state index in [2.05, 4.69) is 36.3 Å². The molecule has 0 amide bonds. The minimum atomic E-state index is 0. The summed E-state index contributed by atoms with van der Waals surface area (Å²) in [4.78, 5) is 2.31. The fourth-order valence-electron chi connectivity index (χ4n) is 1.39. The molecule has 0 aromatic carbocycles. The third-order valence-corrected chi connectivity index (χ3v) is 2.06. The van der Waals surface area contributed by atoms with Crippen LogP contribution in [0.3, 0.4) is 0 Å². The minimum absolute atomic E-state index is 0. The van der Waals surface area contributed by atoms with E-state index in [0.717, 1.165) is 0 Å². The van der Waals surface area contributed by atoms with Crippen molar-refractivity contribution in [1.29, 1.82) is 0 Å². The second kappa shape index (κ2) is 3.06. The largest absolute Gasteiger partial charge is 2.00 e. The molecular formula is C8H10NZr+. The summed E-state index contributed by atoms with van der Waals surface area (Å²) in [6, 6.07) is 2.01. The second-order valence-electron chi connectivity index (χ2n) is 2.60. The van der Waals surface area contributed by atoms with Gasteiger partial charge in [-0.15, -0.1) is 0 Å². The van der Waals surface area contributed by atoms with Gasteiger partial charge in [0.1, 0.15) is 0 Å². The normalized spacial score (nSPS) is 28.9. The van der Waals surface area contributed by atoms with Crippen LogP contribution in [0.25, 0.3) is 0 Å². The molecule has 2 rings (SSSR count). The maximum absolute atomic E-state index is 2.31. The molecule has 2 aliphatic heterocycles. The van der Waals surface area contributed by atoms with Crippen molar-refractivity contribution < 1.29 is 26.2 Å². The van der Waals surface area contributed by atoms with Crippen LogP contribution in [0.2, 0.25) is 0 Å². The summed E-state index contributed by atoms with van der Waals surface area (Å²) in [6.07, 6.45) is 10.0.